The number of methoxy groups -OCH3 is 2. The molecule has 12 nitrogen and oxygen atoms in total. The van der Waals surface area contributed by atoms with Crippen molar-refractivity contribution in [3.63, 3.8) is 0 Å². The average Bonchev–Trinajstić information content (AvgIpc) is 3.00. The molecule has 2 heterocycles. The molecule has 0 bridgehead atoms. The fourth-order valence-corrected chi connectivity index (χ4v) is 5.28. The Morgan fingerprint density at radius 1 is 0.970 bits per heavy atom. The highest BCUT2D eigenvalue weighted by atomic mass is 32.2. The van der Waals surface area contributed by atoms with Crippen LogP contribution in [0.25, 0.3) is 0 Å². The smallest absolute Gasteiger partial charge is 0.282 e. The van der Waals surface area contributed by atoms with E-state index < -0.39 is 56.0 Å². The van der Waals surface area contributed by atoms with Crippen molar-refractivity contribution < 1.29 is 37.2 Å². The standard InChI is InChI=1S/C20H17N3O9S/c1-31-13-9-5-7-11(17(13)32-2)15-16(20(26)22(15)33(3,29)30)21-18(24)10-6-4-8-12(23(27)28)14(10)19(21)25/h4-9,15-16H,1-3H3. The van der Waals surface area contributed by atoms with Crippen LogP contribution in [0.5, 0.6) is 11.5 Å². The average molecular weight is 475 g/mol. The van der Waals surface area contributed by atoms with E-state index in [-0.39, 0.29) is 22.6 Å². The van der Waals surface area contributed by atoms with E-state index in [1.165, 1.54) is 38.5 Å². The van der Waals surface area contributed by atoms with Crippen LogP contribution < -0.4 is 9.47 Å². The minimum Gasteiger partial charge on any atom is -0.493 e. The van der Waals surface area contributed by atoms with Crippen LogP contribution in [0.3, 0.4) is 0 Å². The number of hydrogen-bond acceptors (Lipinski definition) is 9. The van der Waals surface area contributed by atoms with Gasteiger partial charge in [0.15, 0.2) is 11.5 Å². The summed E-state index contributed by atoms with van der Waals surface area (Å²) in [5, 5.41) is 11.4. The fourth-order valence-electron chi connectivity index (χ4n) is 4.20. The van der Waals surface area contributed by atoms with Crippen LogP contribution in [-0.4, -0.2) is 66.8 Å². The highest BCUT2D eigenvalue weighted by Gasteiger charge is 2.61. The van der Waals surface area contributed by atoms with Crippen molar-refractivity contribution in [2.24, 2.45) is 0 Å². The number of benzene rings is 2. The summed E-state index contributed by atoms with van der Waals surface area (Å²) in [6, 6.07) is 5.23. The normalized spacial score (nSPS) is 19.9. The zero-order valence-corrected chi connectivity index (χ0v) is 18.4. The lowest BCUT2D eigenvalue weighted by Crippen LogP contribution is -2.67. The second-order valence-corrected chi connectivity index (χ2v) is 9.17. The Bertz CT molecular complexity index is 1340. The molecule has 1 fully saturated rings. The van der Waals surface area contributed by atoms with Crippen molar-refractivity contribution in [3.8, 4) is 11.5 Å². The molecule has 2 aromatic carbocycles. The molecule has 0 aliphatic carbocycles. The molecule has 3 amide bonds. The molecule has 0 radical (unpaired) electrons. The van der Waals surface area contributed by atoms with Gasteiger partial charge in [0.2, 0.25) is 10.0 Å². The monoisotopic (exact) mass is 475 g/mol. The van der Waals surface area contributed by atoms with Gasteiger partial charge in [-0.05, 0) is 12.1 Å². The minimum absolute atomic E-state index is 0.110. The van der Waals surface area contributed by atoms with Gasteiger partial charge in [0.05, 0.1) is 31.0 Å². The molecular formula is C20H17N3O9S. The lowest BCUT2D eigenvalue weighted by Gasteiger charge is -2.48. The number of imide groups is 1. The molecule has 2 aromatic rings. The molecule has 0 aromatic heterocycles. The Labute approximate surface area is 187 Å². The quantitative estimate of drug-likeness (QED) is 0.259. The Morgan fingerprint density at radius 3 is 2.21 bits per heavy atom. The van der Waals surface area contributed by atoms with Crippen molar-refractivity contribution in [1.82, 2.24) is 9.21 Å². The first-order chi connectivity index (χ1) is 15.5. The predicted octanol–water partition coefficient (Wildman–Crippen LogP) is 1.12. The molecular weight excluding hydrogens is 458 g/mol. The number of nitro groups is 1. The van der Waals surface area contributed by atoms with Gasteiger partial charge in [-0.2, -0.15) is 0 Å². The third-order valence-corrected chi connectivity index (χ3v) is 6.65. The van der Waals surface area contributed by atoms with E-state index in [9.17, 15) is 32.9 Å². The maximum Gasteiger partial charge on any atom is 0.282 e. The second-order valence-electron chi connectivity index (χ2n) is 7.31. The summed E-state index contributed by atoms with van der Waals surface area (Å²) in [6.45, 7) is 0. The number of sulfonamides is 1. The third kappa shape index (κ3) is 3.11. The van der Waals surface area contributed by atoms with E-state index in [4.69, 9.17) is 9.47 Å². The van der Waals surface area contributed by atoms with Gasteiger partial charge in [0, 0.05) is 11.6 Å². The lowest BCUT2D eigenvalue weighted by atomic mass is 9.89. The van der Waals surface area contributed by atoms with E-state index in [0.29, 0.717) is 9.21 Å². The zero-order valence-electron chi connectivity index (χ0n) is 17.5. The molecule has 13 heteroatoms. The van der Waals surface area contributed by atoms with Crippen molar-refractivity contribution in [2.45, 2.75) is 12.1 Å². The number of β-lactam (4-membered cyclic amide) rings is 1. The van der Waals surface area contributed by atoms with E-state index in [2.05, 4.69) is 0 Å². The van der Waals surface area contributed by atoms with Gasteiger partial charge in [-0.3, -0.25) is 29.4 Å². The molecule has 0 spiro atoms. The van der Waals surface area contributed by atoms with Crippen LogP contribution in [-0.2, 0) is 14.8 Å². The van der Waals surface area contributed by atoms with Crippen LogP contribution in [0.1, 0.15) is 32.3 Å². The van der Waals surface area contributed by atoms with E-state index in [1.807, 2.05) is 0 Å². The van der Waals surface area contributed by atoms with Gasteiger partial charge in [-0.1, -0.05) is 18.2 Å². The van der Waals surface area contributed by atoms with Crippen LogP contribution in [0.2, 0.25) is 0 Å². The lowest BCUT2D eigenvalue weighted by molar-refractivity contribution is -0.385. The molecule has 1 saturated heterocycles. The van der Waals surface area contributed by atoms with Crippen LogP contribution in [0, 0.1) is 10.1 Å². The molecule has 33 heavy (non-hydrogen) atoms. The fraction of sp³-hybridized carbons (Fsp3) is 0.250. The number of carbonyl (C=O) groups excluding carboxylic acids is 3. The third-order valence-electron chi connectivity index (χ3n) is 5.53. The largest absolute Gasteiger partial charge is 0.493 e. The van der Waals surface area contributed by atoms with Crippen LogP contribution in [0.4, 0.5) is 5.69 Å². The van der Waals surface area contributed by atoms with Crippen molar-refractivity contribution in [2.75, 3.05) is 20.5 Å². The molecule has 0 N–H and O–H groups in total. The first-order valence-electron chi connectivity index (χ1n) is 9.44. The number of nitrogens with zero attached hydrogens (tertiary/aromatic N) is 3. The Balaban J connectivity index is 1.88. The summed E-state index contributed by atoms with van der Waals surface area (Å²) in [6.07, 6.45) is 0.813. The first-order valence-corrected chi connectivity index (χ1v) is 11.3. The Kier molecular flexibility index (Phi) is 5.08. The molecule has 2 aliphatic rings. The first kappa shape index (κ1) is 22.2. The summed E-state index contributed by atoms with van der Waals surface area (Å²) in [5.74, 6) is -2.67. The number of carbonyl (C=O) groups is 3. The number of amides is 3. The number of para-hydroxylation sites is 1. The van der Waals surface area contributed by atoms with Gasteiger partial charge < -0.3 is 9.47 Å². The van der Waals surface area contributed by atoms with Crippen molar-refractivity contribution in [1.29, 1.82) is 0 Å². The summed E-state index contributed by atoms with van der Waals surface area (Å²) in [4.78, 5) is 50.4. The van der Waals surface area contributed by atoms with Crippen molar-refractivity contribution >= 4 is 33.4 Å². The maximum absolute atomic E-state index is 13.1. The van der Waals surface area contributed by atoms with Crippen LogP contribution in [0.15, 0.2) is 36.4 Å². The summed E-state index contributed by atoms with van der Waals surface area (Å²) in [7, 11) is -1.44. The topological polar surface area (TPSA) is 153 Å². The molecule has 172 valence electrons. The van der Waals surface area contributed by atoms with E-state index in [1.54, 1.807) is 6.07 Å². The number of hydrogen-bond donors (Lipinski definition) is 0. The van der Waals surface area contributed by atoms with E-state index in [0.717, 1.165) is 12.3 Å². The minimum atomic E-state index is -4.11. The van der Waals surface area contributed by atoms with Gasteiger partial charge >= 0.3 is 0 Å². The molecule has 2 aliphatic heterocycles. The number of ether oxygens (including phenoxy) is 2. The van der Waals surface area contributed by atoms with Gasteiger partial charge in [-0.15, -0.1) is 0 Å². The van der Waals surface area contributed by atoms with Crippen LogP contribution >= 0.6 is 0 Å². The predicted molar refractivity (Wildman–Crippen MR) is 111 cm³/mol. The summed E-state index contributed by atoms with van der Waals surface area (Å²) >= 11 is 0. The van der Waals surface area contributed by atoms with Gasteiger partial charge in [0.25, 0.3) is 23.4 Å². The van der Waals surface area contributed by atoms with E-state index >= 15 is 0 Å². The number of rotatable bonds is 6. The van der Waals surface area contributed by atoms with Gasteiger partial charge in [-0.25, -0.2) is 12.7 Å². The molecule has 0 saturated carbocycles. The summed E-state index contributed by atoms with van der Waals surface area (Å²) in [5.41, 5.74) is -1.10. The Morgan fingerprint density at radius 2 is 1.64 bits per heavy atom. The SMILES string of the molecule is COc1cccc(C2C(N3C(=O)c4cccc([N+](=O)[O-])c4C3=O)C(=O)N2S(C)(=O)=O)c1OC. The highest BCUT2D eigenvalue weighted by Crippen LogP contribution is 2.48. The molecule has 2 atom stereocenters. The number of nitro benzene ring substituents is 1. The zero-order chi connectivity index (χ0) is 24.2. The molecule has 2 unspecified atom stereocenters. The second kappa shape index (κ2) is 7.55. The summed E-state index contributed by atoms with van der Waals surface area (Å²) < 4.78 is 36.0. The highest BCUT2D eigenvalue weighted by molar-refractivity contribution is 7.89. The molecule has 4 rings (SSSR count). The Hall–Kier alpha value is -4.00. The van der Waals surface area contributed by atoms with Gasteiger partial charge in [0.1, 0.15) is 17.6 Å². The number of fused-ring (bicyclic) bond motifs is 1. The maximum atomic E-state index is 13.1. The van der Waals surface area contributed by atoms with Crippen molar-refractivity contribution in [3.05, 3.63) is 63.2 Å².